The fourth-order valence-corrected chi connectivity index (χ4v) is 2.87. The number of aliphatic hydroxyl groups excluding tert-OH is 1. The van der Waals surface area contributed by atoms with Crippen molar-refractivity contribution in [3.05, 3.63) is 65.7 Å². The first-order valence-corrected chi connectivity index (χ1v) is 7.39. The number of hydrogen-bond acceptors (Lipinski definition) is 3. The van der Waals surface area contributed by atoms with E-state index in [1.54, 1.807) is 18.9 Å². The Hall–Kier alpha value is -1.45. The van der Waals surface area contributed by atoms with Crippen LogP contribution in [0.5, 0.6) is 5.75 Å². The van der Waals surface area contributed by atoms with E-state index >= 15 is 0 Å². The summed E-state index contributed by atoms with van der Waals surface area (Å²) in [5, 5.41) is 10.1. The first kappa shape index (κ1) is 14.0. The second kappa shape index (κ2) is 7.22. The number of hydrogen-bond donors (Lipinski definition) is 1. The van der Waals surface area contributed by atoms with E-state index in [9.17, 15) is 5.11 Å². The van der Waals surface area contributed by atoms with Crippen molar-refractivity contribution in [1.29, 1.82) is 0 Å². The molecule has 0 saturated carbocycles. The zero-order chi connectivity index (χ0) is 13.5. The summed E-state index contributed by atoms with van der Waals surface area (Å²) in [6.45, 7) is 0. The van der Waals surface area contributed by atoms with E-state index in [1.807, 2.05) is 48.5 Å². The third-order valence-electron chi connectivity index (χ3n) is 2.91. The quantitative estimate of drug-likeness (QED) is 0.871. The van der Waals surface area contributed by atoms with E-state index in [0.717, 1.165) is 22.6 Å². The molecule has 0 radical (unpaired) electrons. The molecule has 0 aliphatic carbocycles. The van der Waals surface area contributed by atoms with Crippen LogP contribution in [0.2, 0.25) is 0 Å². The Balaban J connectivity index is 1.87. The molecule has 19 heavy (non-hydrogen) atoms. The normalized spacial score (nSPS) is 12.1. The number of thioether (sulfide) groups is 1. The van der Waals surface area contributed by atoms with Gasteiger partial charge in [0.15, 0.2) is 0 Å². The second-order valence-corrected chi connectivity index (χ2v) is 5.28. The number of benzene rings is 2. The van der Waals surface area contributed by atoms with E-state index in [4.69, 9.17) is 4.74 Å². The Labute approximate surface area is 118 Å². The lowest BCUT2D eigenvalue weighted by atomic mass is 10.1. The van der Waals surface area contributed by atoms with Crippen LogP contribution in [0.25, 0.3) is 0 Å². The third kappa shape index (κ3) is 4.01. The molecule has 2 aromatic carbocycles. The molecular weight excluding hydrogens is 256 g/mol. The lowest BCUT2D eigenvalue weighted by Crippen LogP contribution is -2.00. The molecule has 0 heterocycles. The van der Waals surface area contributed by atoms with Crippen molar-refractivity contribution in [2.75, 3.05) is 12.9 Å². The van der Waals surface area contributed by atoms with Crippen LogP contribution < -0.4 is 4.74 Å². The van der Waals surface area contributed by atoms with Crippen molar-refractivity contribution < 1.29 is 9.84 Å². The van der Waals surface area contributed by atoms with Gasteiger partial charge < -0.3 is 9.84 Å². The zero-order valence-electron chi connectivity index (χ0n) is 11.0. The smallest absolute Gasteiger partial charge is 0.122 e. The molecule has 0 aliphatic rings. The Morgan fingerprint density at radius 3 is 2.47 bits per heavy atom. The predicted octanol–water partition coefficient (Wildman–Crippen LogP) is 3.66. The highest BCUT2D eigenvalue weighted by Crippen LogP contribution is 2.25. The molecule has 100 valence electrons. The first-order chi connectivity index (χ1) is 9.31. The van der Waals surface area contributed by atoms with Crippen LogP contribution >= 0.6 is 11.8 Å². The van der Waals surface area contributed by atoms with Gasteiger partial charge in [-0.3, -0.25) is 0 Å². The molecule has 0 aliphatic heterocycles. The van der Waals surface area contributed by atoms with E-state index in [-0.39, 0.29) is 0 Å². The average Bonchev–Trinajstić information content (AvgIpc) is 2.48. The van der Waals surface area contributed by atoms with Crippen molar-refractivity contribution in [2.45, 2.75) is 11.9 Å². The van der Waals surface area contributed by atoms with E-state index < -0.39 is 6.10 Å². The number of rotatable bonds is 6. The lowest BCUT2D eigenvalue weighted by Gasteiger charge is -2.11. The van der Waals surface area contributed by atoms with Crippen molar-refractivity contribution >= 4 is 11.8 Å². The van der Waals surface area contributed by atoms with Gasteiger partial charge in [0, 0.05) is 17.1 Å². The molecule has 2 nitrogen and oxygen atoms in total. The van der Waals surface area contributed by atoms with Gasteiger partial charge in [0.1, 0.15) is 5.75 Å². The molecule has 3 heteroatoms. The number of para-hydroxylation sites is 1. The lowest BCUT2D eigenvalue weighted by molar-refractivity contribution is 0.204. The summed E-state index contributed by atoms with van der Waals surface area (Å²) in [4.78, 5) is 0. The van der Waals surface area contributed by atoms with E-state index in [2.05, 4.69) is 6.07 Å². The molecule has 0 saturated heterocycles. The van der Waals surface area contributed by atoms with Gasteiger partial charge in [0.2, 0.25) is 0 Å². The Kier molecular flexibility index (Phi) is 5.31. The van der Waals surface area contributed by atoms with Crippen LogP contribution in [0.1, 0.15) is 17.2 Å². The fraction of sp³-hybridized carbons (Fsp3) is 0.250. The van der Waals surface area contributed by atoms with Crippen LogP contribution in [-0.2, 0) is 5.75 Å². The van der Waals surface area contributed by atoms with Gasteiger partial charge >= 0.3 is 0 Å². The first-order valence-electron chi connectivity index (χ1n) is 6.24. The van der Waals surface area contributed by atoms with Crippen molar-refractivity contribution in [3.63, 3.8) is 0 Å². The van der Waals surface area contributed by atoms with Gasteiger partial charge in [-0.1, -0.05) is 48.5 Å². The summed E-state index contributed by atoms with van der Waals surface area (Å²) in [7, 11) is 1.68. The van der Waals surface area contributed by atoms with Gasteiger partial charge in [0.05, 0.1) is 13.2 Å². The fourth-order valence-electron chi connectivity index (χ4n) is 1.87. The standard InChI is InChI=1S/C16H18O2S/c1-18-16-10-6-5-9-14(16)11-19-12-15(17)13-7-3-2-4-8-13/h2-10,15,17H,11-12H2,1H3. The van der Waals surface area contributed by atoms with Crippen LogP contribution in [0.15, 0.2) is 54.6 Å². The van der Waals surface area contributed by atoms with Crippen molar-refractivity contribution in [1.82, 2.24) is 0 Å². The highest BCUT2D eigenvalue weighted by molar-refractivity contribution is 7.98. The molecule has 0 aromatic heterocycles. The molecule has 2 aromatic rings. The summed E-state index contributed by atoms with van der Waals surface area (Å²) in [5.74, 6) is 2.43. The summed E-state index contributed by atoms with van der Waals surface area (Å²) in [6.07, 6.45) is -0.416. The zero-order valence-corrected chi connectivity index (χ0v) is 11.8. The molecule has 0 fully saturated rings. The summed E-state index contributed by atoms with van der Waals surface area (Å²) in [5.41, 5.74) is 2.13. The molecular formula is C16H18O2S. The Morgan fingerprint density at radius 2 is 1.74 bits per heavy atom. The maximum atomic E-state index is 10.1. The van der Waals surface area contributed by atoms with Crippen LogP contribution in [0, 0.1) is 0 Å². The van der Waals surface area contributed by atoms with Gasteiger partial charge in [0.25, 0.3) is 0 Å². The van der Waals surface area contributed by atoms with Crippen molar-refractivity contribution in [3.8, 4) is 5.75 Å². The monoisotopic (exact) mass is 274 g/mol. The maximum Gasteiger partial charge on any atom is 0.122 e. The second-order valence-electron chi connectivity index (χ2n) is 4.25. The van der Waals surface area contributed by atoms with Crippen LogP contribution in [0.4, 0.5) is 0 Å². The topological polar surface area (TPSA) is 29.5 Å². The predicted molar refractivity (Wildman–Crippen MR) is 80.6 cm³/mol. The van der Waals surface area contributed by atoms with Crippen LogP contribution in [0.3, 0.4) is 0 Å². The largest absolute Gasteiger partial charge is 0.496 e. The Morgan fingerprint density at radius 1 is 1.05 bits per heavy atom. The summed E-state index contributed by atoms with van der Waals surface area (Å²) >= 11 is 1.71. The van der Waals surface area contributed by atoms with Crippen molar-refractivity contribution in [2.24, 2.45) is 0 Å². The minimum atomic E-state index is -0.416. The number of methoxy groups -OCH3 is 1. The molecule has 0 bridgehead atoms. The van der Waals surface area contributed by atoms with Gasteiger partial charge in [-0.15, -0.1) is 0 Å². The molecule has 1 N–H and O–H groups in total. The molecule has 1 atom stereocenters. The summed E-state index contributed by atoms with van der Waals surface area (Å²) in [6, 6.07) is 17.7. The van der Waals surface area contributed by atoms with Gasteiger partial charge in [-0.2, -0.15) is 11.8 Å². The van der Waals surface area contributed by atoms with E-state index in [0.29, 0.717) is 5.75 Å². The van der Waals surface area contributed by atoms with E-state index in [1.165, 1.54) is 0 Å². The Bertz CT molecular complexity index is 499. The SMILES string of the molecule is COc1ccccc1CSCC(O)c1ccccc1. The third-order valence-corrected chi connectivity index (χ3v) is 3.98. The molecule has 2 rings (SSSR count). The average molecular weight is 274 g/mol. The number of aliphatic hydroxyl groups is 1. The van der Waals surface area contributed by atoms with Gasteiger partial charge in [-0.05, 0) is 11.6 Å². The maximum absolute atomic E-state index is 10.1. The highest BCUT2D eigenvalue weighted by Gasteiger charge is 2.08. The highest BCUT2D eigenvalue weighted by atomic mass is 32.2. The number of ether oxygens (including phenoxy) is 1. The van der Waals surface area contributed by atoms with Crippen LogP contribution in [-0.4, -0.2) is 18.0 Å². The van der Waals surface area contributed by atoms with Gasteiger partial charge in [-0.25, -0.2) is 0 Å². The molecule has 0 amide bonds. The minimum Gasteiger partial charge on any atom is -0.496 e. The minimum absolute atomic E-state index is 0.416. The summed E-state index contributed by atoms with van der Waals surface area (Å²) < 4.78 is 5.31. The molecule has 1 unspecified atom stereocenters. The molecule has 0 spiro atoms.